The number of anilines is 2. The van der Waals surface area contributed by atoms with Crippen molar-refractivity contribution in [1.29, 1.82) is 0 Å². The molecule has 0 bridgehead atoms. The zero-order valence-corrected chi connectivity index (χ0v) is 18.9. The summed E-state index contributed by atoms with van der Waals surface area (Å²) in [4.78, 5) is 33.0. The summed E-state index contributed by atoms with van der Waals surface area (Å²) in [7, 11) is 0. The molecule has 0 aliphatic heterocycles. The first-order valence-corrected chi connectivity index (χ1v) is 10.7. The highest BCUT2D eigenvalue weighted by atomic mass is 19.1. The van der Waals surface area contributed by atoms with E-state index in [1.165, 1.54) is 12.4 Å². The minimum atomic E-state index is -0.811. The van der Waals surface area contributed by atoms with Crippen LogP contribution in [0.15, 0.2) is 42.7 Å². The first-order valence-electron chi connectivity index (χ1n) is 10.7. The first-order chi connectivity index (χ1) is 16.2. The van der Waals surface area contributed by atoms with Gasteiger partial charge in [0.25, 0.3) is 5.91 Å². The average Bonchev–Trinajstić information content (AvgIpc) is 3.31. The number of halogens is 1. The van der Waals surface area contributed by atoms with Crippen LogP contribution in [-0.4, -0.2) is 31.9 Å². The van der Waals surface area contributed by atoms with E-state index < -0.39 is 23.5 Å². The molecule has 0 saturated heterocycles. The van der Waals surface area contributed by atoms with Gasteiger partial charge in [0, 0.05) is 16.6 Å². The van der Waals surface area contributed by atoms with E-state index in [1.807, 2.05) is 13.8 Å². The highest BCUT2D eigenvalue weighted by Gasteiger charge is 2.23. The van der Waals surface area contributed by atoms with Gasteiger partial charge in [-0.05, 0) is 37.1 Å². The lowest BCUT2D eigenvalue weighted by Crippen LogP contribution is -2.15. The number of aromatic amines is 1. The third kappa shape index (κ3) is 4.05. The van der Waals surface area contributed by atoms with Crippen LogP contribution in [0.25, 0.3) is 10.9 Å². The SMILES string of the molecule is CC(C)c1cc(C(=O)c2ccc(C(C)Nc3ncnc4c(C(N)=O)cccc34)c(N)c2F)n[nH]1. The molecule has 174 valence electrons. The quantitative estimate of drug-likeness (QED) is 0.242. The number of carbonyl (C=O) groups excluding carboxylic acids is 2. The highest BCUT2D eigenvalue weighted by molar-refractivity contribution is 6.09. The Labute approximate surface area is 194 Å². The van der Waals surface area contributed by atoms with Crippen LogP contribution in [0.2, 0.25) is 0 Å². The fourth-order valence-electron chi connectivity index (χ4n) is 3.73. The predicted molar refractivity (Wildman–Crippen MR) is 127 cm³/mol. The number of rotatable bonds is 7. The number of aromatic nitrogens is 4. The molecule has 1 unspecified atom stereocenters. The molecule has 0 fully saturated rings. The van der Waals surface area contributed by atoms with E-state index in [9.17, 15) is 9.59 Å². The van der Waals surface area contributed by atoms with Crippen molar-refractivity contribution >= 4 is 34.1 Å². The number of ketones is 1. The second-order valence-corrected chi connectivity index (χ2v) is 8.28. The molecule has 1 amide bonds. The van der Waals surface area contributed by atoms with Crippen LogP contribution in [0.1, 0.15) is 70.4 Å². The number of nitrogens with zero attached hydrogens (tertiary/aromatic N) is 3. The minimum Gasteiger partial charge on any atom is -0.396 e. The monoisotopic (exact) mass is 461 g/mol. The molecular weight excluding hydrogens is 437 g/mol. The minimum absolute atomic E-state index is 0.124. The van der Waals surface area contributed by atoms with Gasteiger partial charge in [0.2, 0.25) is 5.78 Å². The Kier molecular flexibility index (Phi) is 5.97. The molecule has 0 aliphatic rings. The average molecular weight is 462 g/mol. The molecule has 0 saturated carbocycles. The maximum Gasteiger partial charge on any atom is 0.250 e. The molecule has 34 heavy (non-hydrogen) atoms. The molecule has 0 spiro atoms. The molecule has 2 aromatic carbocycles. The largest absolute Gasteiger partial charge is 0.396 e. The van der Waals surface area contributed by atoms with E-state index in [-0.39, 0.29) is 28.4 Å². The Hall–Kier alpha value is -4.34. The van der Waals surface area contributed by atoms with E-state index >= 15 is 4.39 Å². The Morgan fingerprint density at radius 2 is 1.85 bits per heavy atom. The van der Waals surface area contributed by atoms with Gasteiger partial charge in [-0.15, -0.1) is 0 Å². The summed E-state index contributed by atoms with van der Waals surface area (Å²) in [6, 6.07) is 9.13. The number of para-hydroxylation sites is 1. The van der Waals surface area contributed by atoms with E-state index in [2.05, 4.69) is 25.5 Å². The third-order valence-corrected chi connectivity index (χ3v) is 5.66. The fraction of sp³-hybridized carbons (Fsp3) is 0.208. The Morgan fingerprint density at radius 3 is 2.53 bits per heavy atom. The van der Waals surface area contributed by atoms with Crippen molar-refractivity contribution in [2.45, 2.75) is 32.7 Å². The highest BCUT2D eigenvalue weighted by Crippen LogP contribution is 2.31. The first kappa shape index (κ1) is 22.8. The number of benzene rings is 2. The number of nitrogens with one attached hydrogen (secondary N) is 2. The summed E-state index contributed by atoms with van der Waals surface area (Å²) in [6.45, 7) is 5.69. The normalized spacial score (nSPS) is 12.1. The predicted octanol–water partition coefficient (Wildman–Crippen LogP) is 3.70. The molecule has 1 atom stereocenters. The van der Waals surface area contributed by atoms with Crippen molar-refractivity contribution in [1.82, 2.24) is 20.2 Å². The topological polar surface area (TPSA) is 153 Å². The van der Waals surface area contributed by atoms with Crippen molar-refractivity contribution in [3.05, 3.63) is 76.6 Å². The van der Waals surface area contributed by atoms with Crippen LogP contribution in [0.3, 0.4) is 0 Å². The van der Waals surface area contributed by atoms with Gasteiger partial charge in [-0.1, -0.05) is 26.0 Å². The lowest BCUT2D eigenvalue weighted by atomic mass is 9.99. The molecule has 9 nitrogen and oxygen atoms in total. The summed E-state index contributed by atoms with van der Waals surface area (Å²) in [5.74, 6) is -1.39. The molecule has 2 aromatic heterocycles. The van der Waals surface area contributed by atoms with Gasteiger partial charge < -0.3 is 16.8 Å². The van der Waals surface area contributed by atoms with Crippen LogP contribution >= 0.6 is 0 Å². The number of nitrogen functional groups attached to an aromatic ring is 1. The van der Waals surface area contributed by atoms with Gasteiger partial charge >= 0.3 is 0 Å². The van der Waals surface area contributed by atoms with Crippen molar-refractivity contribution in [3.63, 3.8) is 0 Å². The van der Waals surface area contributed by atoms with Crippen molar-refractivity contribution in [3.8, 4) is 0 Å². The summed E-state index contributed by atoms with van der Waals surface area (Å²) >= 11 is 0. The van der Waals surface area contributed by atoms with Crippen LogP contribution in [0.4, 0.5) is 15.9 Å². The third-order valence-electron chi connectivity index (χ3n) is 5.66. The van der Waals surface area contributed by atoms with E-state index in [1.54, 1.807) is 37.3 Å². The second-order valence-electron chi connectivity index (χ2n) is 8.28. The number of nitrogens with two attached hydrogens (primary N) is 2. The molecular formula is C24H24FN7O2. The molecule has 0 radical (unpaired) electrons. The Morgan fingerprint density at radius 1 is 1.09 bits per heavy atom. The summed E-state index contributed by atoms with van der Waals surface area (Å²) in [5.41, 5.74) is 13.2. The number of hydrogen-bond acceptors (Lipinski definition) is 7. The van der Waals surface area contributed by atoms with Crippen molar-refractivity contribution in [2.24, 2.45) is 5.73 Å². The van der Waals surface area contributed by atoms with E-state index in [0.717, 1.165) is 5.69 Å². The fourth-order valence-corrected chi connectivity index (χ4v) is 3.73. The molecule has 10 heteroatoms. The maximum absolute atomic E-state index is 15.2. The number of fused-ring (bicyclic) bond motifs is 1. The van der Waals surface area contributed by atoms with Crippen LogP contribution in [0, 0.1) is 5.82 Å². The van der Waals surface area contributed by atoms with Gasteiger partial charge in [-0.3, -0.25) is 14.7 Å². The summed E-state index contributed by atoms with van der Waals surface area (Å²) < 4.78 is 15.2. The molecule has 4 aromatic rings. The second kappa shape index (κ2) is 8.89. The lowest BCUT2D eigenvalue weighted by molar-refractivity contribution is 0.0999. The van der Waals surface area contributed by atoms with Crippen molar-refractivity contribution in [2.75, 3.05) is 11.1 Å². The molecule has 0 aliphatic carbocycles. The van der Waals surface area contributed by atoms with E-state index in [4.69, 9.17) is 11.5 Å². The number of amides is 1. The molecule has 4 rings (SSSR count). The zero-order chi connectivity index (χ0) is 24.6. The summed E-state index contributed by atoms with van der Waals surface area (Å²) in [5, 5.41) is 10.6. The molecule has 2 heterocycles. The van der Waals surface area contributed by atoms with Gasteiger partial charge in [0.15, 0.2) is 5.82 Å². The number of hydrogen-bond donors (Lipinski definition) is 4. The standard InChI is InChI=1S/C24H24FN7O2/c1-11(2)17-9-18(32-31-17)22(33)14-8-7-13(20(26)19(14)25)12(3)30-24-16-6-4-5-15(23(27)34)21(16)28-10-29-24/h4-12H,26H2,1-3H3,(H2,27,34)(H,31,32)(H,28,29,30). The maximum atomic E-state index is 15.2. The Balaban J connectivity index is 1.64. The van der Waals surface area contributed by atoms with Crippen LogP contribution in [-0.2, 0) is 0 Å². The van der Waals surface area contributed by atoms with Gasteiger partial charge in [-0.2, -0.15) is 5.10 Å². The van der Waals surface area contributed by atoms with Gasteiger partial charge in [0.1, 0.15) is 17.8 Å². The lowest BCUT2D eigenvalue weighted by Gasteiger charge is -2.19. The van der Waals surface area contributed by atoms with Crippen molar-refractivity contribution < 1.29 is 14.0 Å². The molecule has 6 N–H and O–H groups in total. The van der Waals surface area contributed by atoms with Gasteiger partial charge in [0.05, 0.1) is 28.4 Å². The number of carbonyl (C=O) groups is 2. The number of H-pyrrole nitrogens is 1. The smallest absolute Gasteiger partial charge is 0.250 e. The number of primary amides is 1. The van der Waals surface area contributed by atoms with Crippen LogP contribution in [0.5, 0.6) is 0 Å². The van der Waals surface area contributed by atoms with E-state index in [0.29, 0.717) is 22.3 Å². The van der Waals surface area contributed by atoms with Crippen LogP contribution < -0.4 is 16.8 Å². The Bertz CT molecular complexity index is 1410. The summed E-state index contributed by atoms with van der Waals surface area (Å²) in [6.07, 6.45) is 1.31. The van der Waals surface area contributed by atoms with Gasteiger partial charge in [-0.25, -0.2) is 14.4 Å². The zero-order valence-electron chi connectivity index (χ0n) is 18.9.